The van der Waals surface area contributed by atoms with E-state index in [9.17, 15) is 0 Å². The molecule has 4 rings (SSSR count). The number of fused-ring (bicyclic) bond motifs is 1. The third-order valence-electron chi connectivity index (χ3n) is 4.23. The molecule has 1 aliphatic rings. The van der Waals surface area contributed by atoms with Crippen molar-refractivity contribution in [1.29, 1.82) is 0 Å². The van der Waals surface area contributed by atoms with Gasteiger partial charge in [-0.2, -0.15) is 5.10 Å². The zero-order valence-corrected chi connectivity index (χ0v) is 14.0. The first kappa shape index (κ1) is 14.6. The number of rotatable bonds is 4. The third kappa shape index (κ3) is 3.35. The Hall–Kier alpha value is -1.99. The second-order valence-corrected chi connectivity index (χ2v) is 7.53. The fraction of sp³-hybridized carbons (Fsp3) is 0.438. The van der Waals surface area contributed by atoms with E-state index < -0.39 is 0 Å². The Labute approximate surface area is 139 Å². The number of aromatic nitrogens is 5. The minimum absolute atomic E-state index is 0.494. The Morgan fingerprint density at radius 2 is 2.26 bits per heavy atom. The second kappa shape index (κ2) is 6.25. The Balaban J connectivity index is 1.54. The predicted octanol–water partition coefficient (Wildman–Crippen LogP) is 2.18. The first-order chi connectivity index (χ1) is 11.3. The molecule has 0 N–H and O–H groups in total. The number of thiophene rings is 1. The van der Waals surface area contributed by atoms with Crippen molar-refractivity contribution in [3.63, 3.8) is 0 Å². The van der Waals surface area contributed by atoms with Crippen molar-refractivity contribution in [1.82, 2.24) is 29.2 Å². The Bertz CT molecular complexity index is 759. The van der Waals surface area contributed by atoms with Gasteiger partial charge in [0.2, 0.25) is 0 Å². The Morgan fingerprint density at radius 1 is 1.30 bits per heavy atom. The monoisotopic (exact) mass is 328 g/mol. The maximum Gasteiger partial charge on any atom is 0.137 e. The molecule has 0 bridgehead atoms. The van der Waals surface area contributed by atoms with Gasteiger partial charge in [0.15, 0.2) is 0 Å². The molecule has 0 saturated heterocycles. The van der Waals surface area contributed by atoms with Gasteiger partial charge in [0.05, 0.1) is 6.54 Å². The smallest absolute Gasteiger partial charge is 0.137 e. The van der Waals surface area contributed by atoms with Crippen molar-refractivity contribution < 1.29 is 0 Å². The van der Waals surface area contributed by atoms with Crippen LogP contribution in [-0.2, 0) is 26.2 Å². The highest BCUT2D eigenvalue weighted by atomic mass is 32.1. The van der Waals surface area contributed by atoms with Crippen LogP contribution < -0.4 is 0 Å². The summed E-state index contributed by atoms with van der Waals surface area (Å²) >= 11 is 1.88. The summed E-state index contributed by atoms with van der Waals surface area (Å²) in [5, 5.41) is 4.26. The molecule has 0 aliphatic carbocycles. The van der Waals surface area contributed by atoms with E-state index in [4.69, 9.17) is 0 Å². The molecular formula is C16H20N6S. The van der Waals surface area contributed by atoms with Crippen LogP contribution in [0.25, 0.3) is 0 Å². The van der Waals surface area contributed by atoms with Gasteiger partial charge in [-0.25, -0.2) is 9.97 Å². The first-order valence-electron chi connectivity index (χ1n) is 7.86. The van der Waals surface area contributed by atoms with Gasteiger partial charge >= 0.3 is 0 Å². The summed E-state index contributed by atoms with van der Waals surface area (Å²) in [5.74, 6) is 1.65. The third-order valence-corrected chi connectivity index (χ3v) is 5.21. The molecule has 0 aromatic carbocycles. The molecule has 0 amide bonds. The van der Waals surface area contributed by atoms with E-state index in [1.807, 2.05) is 22.2 Å². The average Bonchev–Trinajstić information content (AvgIpc) is 3.23. The number of hydrogen-bond acceptors (Lipinski definition) is 5. The Kier molecular flexibility index (Phi) is 3.97. The molecule has 0 radical (unpaired) electrons. The summed E-state index contributed by atoms with van der Waals surface area (Å²) < 4.78 is 4.21. The van der Waals surface area contributed by atoms with Crippen LogP contribution in [0.15, 0.2) is 37.2 Å². The number of aryl methyl sites for hydroxylation is 1. The minimum atomic E-state index is 0.494. The fourth-order valence-electron chi connectivity index (χ4n) is 3.24. The van der Waals surface area contributed by atoms with Gasteiger partial charge in [0, 0.05) is 54.2 Å². The van der Waals surface area contributed by atoms with E-state index in [1.165, 1.54) is 9.75 Å². The molecular weight excluding hydrogens is 308 g/mol. The molecule has 1 aliphatic heterocycles. The van der Waals surface area contributed by atoms with E-state index in [0.29, 0.717) is 5.92 Å². The van der Waals surface area contributed by atoms with Crippen LogP contribution in [0.2, 0.25) is 0 Å². The molecule has 23 heavy (non-hydrogen) atoms. The standard InChI is InChI=1S/C16H20N6S/c1-13-2-3-15(23-13)9-20-6-14(8-22-12-17-11-19-22)7-21-5-4-18-16(21)10-20/h2-5,11-12,14H,6-10H2,1H3/t14-/m1/s1. The van der Waals surface area contributed by atoms with Gasteiger partial charge < -0.3 is 4.57 Å². The van der Waals surface area contributed by atoms with Gasteiger partial charge in [0.1, 0.15) is 18.5 Å². The average molecular weight is 328 g/mol. The summed E-state index contributed by atoms with van der Waals surface area (Å²) in [6.45, 7) is 6.96. The topological polar surface area (TPSA) is 51.8 Å². The molecule has 1 atom stereocenters. The molecule has 0 unspecified atom stereocenters. The van der Waals surface area contributed by atoms with Gasteiger partial charge in [-0.05, 0) is 19.1 Å². The number of nitrogens with zero attached hydrogens (tertiary/aromatic N) is 6. The van der Waals surface area contributed by atoms with E-state index in [2.05, 4.69) is 49.8 Å². The second-order valence-electron chi connectivity index (χ2n) is 6.16. The van der Waals surface area contributed by atoms with E-state index in [0.717, 1.165) is 38.5 Å². The molecule has 6 nitrogen and oxygen atoms in total. The maximum absolute atomic E-state index is 4.54. The van der Waals surface area contributed by atoms with Crippen molar-refractivity contribution in [3.8, 4) is 0 Å². The lowest BCUT2D eigenvalue weighted by atomic mass is 10.1. The molecule has 3 aromatic heterocycles. The summed E-state index contributed by atoms with van der Waals surface area (Å²) in [6.07, 6.45) is 7.39. The summed E-state index contributed by atoms with van der Waals surface area (Å²) in [5.41, 5.74) is 0. The summed E-state index contributed by atoms with van der Waals surface area (Å²) in [6, 6.07) is 4.44. The molecule has 0 spiro atoms. The van der Waals surface area contributed by atoms with Crippen LogP contribution in [0.5, 0.6) is 0 Å². The van der Waals surface area contributed by atoms with E-state index in [-0.39, 0.29) is 0 Å². The first-order valence-corrected chi connectivity index (χ1v) is 8.68. The molecule has 0 fully saturated rings. The van der Waals surface area contributed by atoms with Crippen molar-refractivity contribution in [2.24, 2.45) is 5.92 Å². The van der Waals surface area contributed by atoms with E-state index in [1.54, 1.807) is 12.7 Å². The van der Waals surface area contributed by atoms with Crippen molar-refractivity contribution in [3.05, 3.63) is 52.8 Å². The SMILES string of the molecule is Cc1ccc(CN2Cc3nccn3C[C@H](Cn3cncn3)C2)s1. The highest BCUT2D eigenvalue weighted by molar-refractivity contribution is 7.11. The van der Waals surface area contributed by atoms with Crippen LogP contribution in [0.1, 0.15) is 15.6 Å². The quantitative estimate of drug-likeness (QED) is 0.736. The normalized spacial score (nSPS) is 18.7. The lowest BCUT2D eigenvalue weighted by Crippen LogP contribution is -2.29. The van der Waals surface area contributed by atoms with Crippen molar-refractivity contribution in [2.75, 3.05) is 6.54 Å². The largest absolute Gasteiger partial charge is 0.333 e. The van der Waals surface area contributed by atoms with Crippen LogP contribution in [0.4, 0.5) is 0 Å². The zero-order valence-electron chi connectivity index (χ0n) is 13.2. The van der Waals surface area contributed by atoms with Crippen LogP contribution in [0.3, 0.4) is 0 Å². The maximum atomic E-state index is 4.54. The molecule has 4 heterocycles. The minimum Gasteiger partial charge on any atom is -0.333 e. The lowest BCUT2D eigenvalue weighted by molar-refractivity contribution is 0.207. The van der Waals surface area contributed by atoms with Crippen molar-refractivity contribution >= 4 is 11.3 Å². The molecule has 7 heteroatoms. The van der Waals surface area contributed by atoms with Gasteiger partial charge in [-0.1, -0.05) is 0 Å². The predicted molar refractivity (Wildman–Crippen MR) is 88.9 cm³/mol. The Morgan fingerprint density at radius 3 is 3.04 bits per heavy atom. The van der Waals surface area contributed by atoms with Crippen LogP contribution >= 0.6 is 11.3 Å². The highest BCUT2D eigenvalue weighted by Crippen LogP contribution is 2.22. The van der Waals surface area contributed by atoms with Gasteiger partial charge in [0.25, 0.3) is 0 Å². The molecule has 3 aromatic rings. The number of imidazole rings is 1. The summed E-state index contributed by atoms with van der Waals surface area (Å²) in [7, 11) is 0. The summed E-state index contributed by atoms with van der Waals surface area (Å²) in [4.78, 5) is 13.9. The zero-order chi connectivity index (χ0) is 15.6. The lowest BCUT2D eigenvalue weighted by Gasteiger charge is -2.23. The molecule has 120 valence electrons. The van der Waals surface area contributed by atoms with Gasteiger partial charge in [-0.15, -0.1) is 11.3 Å². The number of hydrogen-bond donors (Lipinski definition) is 0. The van der Waals surface area contributed by atoms with Gasteiger partial charge in [-0.3, -0.25) is 9.58 Å². The van der Waals surface area contributed by atoms with E-state index >= 15 is 0 Å². The highest BCUT2D eigenvalue weighted by Gasteiger charge is 2.23. The van der Waals surface area contributed by atoms with Crippen LogP contribution in [0, 0.1) is 12.8 Å². The molecule has 0 saturated carbocycles. The van der Waals surface area contributed by atoms with Crippen LogP contribution in [-0.4, -0.2) is 35.8 Å². The van der Waals surface area contributed by atoms with Crippen molar-refractivity contribution in [2.45, 2.75) is 33.1 Å². The fourth-order valence-corrected chi connectivity index (χ4v) is 4.17.